The van der Waals surface area contributed by atoms with Crippen molar-refractivity contribution in [2.45, 2.75) is 51.6 Å². The fourth-order valence-electron chi connectivity index (χ4n) is 2.99. The van der Waals surface area contributed by atoms with E-state index in [2.05, 4.69) is 4.74 Å². The summed E-state index contributed by atoms with van der Waals surface area (Å²) in [7, 11) is 0. The van der Waals surface area contributed by atoms with Gasteiger partial charge in [0.2, 0.25) is 11.8 Å². The molecule has 2 atom stereocenters. The molecule has 116 valence electrons. The number of ether oxygens (including phenoxy) is 1. The number of esters is 2. The van der Waals surface area contributed by atoms with Gasteiger partial charge in [0.25, 0.3) is 0 Å². The SMILES string of the molecule is CC(C)(N)C1CC(=O)N(C(C)(C)C2CC(=O)OC2=O)C1=O. The van der Waals surface area contributed by atoms with Gasteiger partial charge in [-0.3, -0.25) is 24.1 Å². The van der Waals surface area contributed by atoms with Crippen molar-refractivity contribution in [2.75, 3.05) is 0 Å². The van der Waals surface area contributed by atoms with Crippen LogP contribution in [-0.4, -0.2) is 39.7 Å². The van der Waals surface area contributed by atoms with E-state index < -0.39 is 40.8 Å². The Morgan fingerprint density at radius 1 is 1.05 bits per heavy atom. The van der Waals surface area contributed by atoms with E-state index in [9.17, 15) is 19.2 Å². The first-order chi connectivity index (χ1) is 9.46. The standard InChI is InChI=1S/C14H20N2O5/c1-13(2,15)7-5-9(17)16(11(7)19)14(3,4)8-6-10(18)21-12(8)20/h7-8H,5-6,15H2,1-4H3. The van der Waals surface area contributed by atoms with Crippen LogP contribution in [0.2, 0.25) is 0 Å². The van der Waals surface area contributed by atoms with Crippen molar-refractivity contribution < 1.29 is 23.9 Å². The molecule has 2 amide bonds. The predicted molar refractivity (Wildman–Crippen MR) is 71.5 cm³/mol. The van der Waals surface area contributed by atoms with Crippen LogP contribution in [0.25, 0.3) is 0 Å². The molecule has 0 aliphatic carbocycles. The van der Waals surface area contributed by atoms with Crippen LogP contribution in [0.1, 0.15) is 40.5 Å². The van der Waals surface area contributed by atoms with Crippen molar-refractivity contribution in [3.8, 4) is 0 Å². The number of carbonyl (C=O) groups is 4. The van der Waals surface area contributed by atoms with Gasteiger partial charge in [-0.25, -0.2) is 0 Å². The average Bonchev–Trinajstić information content (AvgIpc) is 2.78. The summed E-state index contributed by atoms with van der Waals surface area (Å²) in [6.45, 7) is 6.57. The van der Waals surface area contributed by atoms with Crippen molar-refractivity contribution in [1.82, 2.24) is 4.90 Å². The first-order valence-corrected chi connectivity index (χ1v) is 6.86. The average molecular weight is 296 g/mol. The van der Waals surface area contributed by atoms with E-state index >= 15 is 0 Å². The number of hydrogen-bond donors (Lipinski definition) is 1. The molecule has 0 bridgehead atoms. The molecule has 2 N–H and O–H groups in total. The number of hydrogen-bond acceptors (Lipinski definition) is 6. The molecule has 2 aliphatic rings. The number of imide groups is 1. The fraction of sp³-hybridized carbons (Fsp3) is 0.714. The Hall–Kier alpha value is -1.76. The highest BCUT2D eigenvalue weighted by Gasteiger charge is 2.56. The van der Waals surface area contributed by atoms with Gasteiger partial charge in [0.1, 0.15) is 0 Å². The summed E-state index contributed by atoms with van der Waals surface area (Å²) in [4.78, 5) is 48.9. The number of carbonyl (C=O) groups excluding carboxylic acids is 4. The van der Waals surface area contributed by atoms with Crippen LogP contribution < -0.4 is 5.73 Å². The zero-order chi connectivity index (χ0) is 16.2. The van der Waals surface area contributed by atoms with Crippen LogP contribution in [-0.2, 0) is 23.9 Å². The summed E-state index contributed by atoms with van der Waals surface area (Å²) in [6.07, 6.45) is -0.110. The lowest BCUT2D eigenvalue weighted by Crippen LogP contribution is -2.55. The lowest BCUT2D eigenvalue weighted by Gasteiger charge is -2.37. The van der Waals surface area contributed by atoms with Crippen LogP contribution in [0.15, 0.2) is 0 Å². The molecule has 2 unspecified atom stereocenters. The van der Waals surface area contributed by atoms with E-state index in [-0.39, 0.29) is 18.7 Å². The first kappa shape index (κ1) is 15.6. The molecular weight excluding hydrogens is 276 g/mol. The molecule has 7 nitrogen and oxygen atoms in total. The van der Waals surface area contributed by atoms with Gasteiger partial charge in [-0.1, -0.05) is 0 Å². The number of likely N-dealkylation sites (tertiary alicyclic amines) is 1. The zero-order valence-electron chi connectivity index (χ0n) is 12.6. The Morgan fingerprint density at radius 2 is 1.62 bits per heavy atom. The zero-order valence-corrected chi connectivity index (χ0v) is 12.6. The Morgan fingerprint density at radius 3 is 2.00 bits per heavy atom. The Bertz CT molecular complexity index is 532. The molecule has 2 rings (SSSR count). The lowest BCUT2D eigenvalue weighted by atomic mass is 9.83. The molecule has 0 aromatic heterocycles. The monoisotopic (exact) mass is 296 g/mol. The van der Waals surface area contributed by atoms with Gasteiger partial charge in [0.15, 0.2) is 0 Å². The Balaban J connectivity index is 2.32. The van der Waals surface area contributed by atoms with Crippen molar-refractivity contribution in [2.24, 2.45) is 17.6 Å². The van der Waals surface area contributed by atoms with Gasteiger partial charge < -0.3 is 10.5 Å². The van der Waals surface area contributed by atoms with E-state index in [0.29, 0.717) is 0 Å². The van der Waals surface area contributed by atoms with Crippen LogP contribution in [0.5, 0.6) is 0 Å². The maximum atomic E-state index is 12.5. The summed E-state index contributed by atoms with van der Waals surface area (Å²) in [6, 6.07) is 0. The van der Waals surface area contributed by atoms with E-state index in [0.717, 1.165) is 4.90 Å². The minimum atomic E-state index is -1.11. The smallest absolute Gasteiger partial charge is 0.319 e. The van der Waals surface area contributed by atoms with Gasteiger partial charge in [0, 0.05) is 12.0 Å². The van der Waals surface area contributed by atoms with E-state index in [1.807, 2.05) is 0 Å². The molecule has 0 radical (unpaired) electrons. The van der Waals surface area contributed by atoms with Gasteiger partial charge in [-0.2, -0.15) is 0 Å². The molecule has 0 spiro atoms. The molecule has 0 saturated carbocycles. The maximum Gasteiger partial charge on any atom is 0.319 e. The second-order valence-electron chi connectivity index (χ2n) is 6.85. The molecule has 0 aromatic carbocycles. The van der Waals surface area contributed by atoms with Crippen molar-refractivity contribution in [3.05, 3.63) is 0 Å². The second-order valence-corrected chi connectivity index (χ2v) is 6.85. The summed E-state index contributed by atoms with van der Waals surface area (Å²) in [5, 5.41) is 0. The maximum absolute atomic E-state index is 12.5. The lowest BCUT2D eigenvalue weighted by molar-refractivity contribution is -0.155. The predicted octanol–water partition coefficient (Wildman–Crippen LogP) is -0.0329. The molecule has 7 heteroatoms. The largest absolute Gasteiger partial charge is 0.393 e. The third-order valence-corrected chi connectivity index (χ3v) is 4.34. The summed E-state index contributed by atoms with van der Waals surface area (Å²) < 4.78 is 4.53. The highest BCUT2D eigenvalue weighted by atomic mass is 16.6. The number of nitrogens with two attached hydrogens (primary N) is 1. The molecule has 2 fully saturated rings. The molecule has 2 heterocycles. The third kappa shape index (κ3) is 2.46. The highest BCUT2D eigenvalue weighted by Crippen LogP contribution is 2.39. The molecular formula is C14H20N2O5. The van der Waals surface area contributed by atoms with Crippen LogP contribution >= 0.6 is 0 Å². The van der Waals surface area contributed by atoms with Crippen molar-refractivity contribution in [1.29, 1.82) is 0 Å². The highest BCUT2D eigenvalue weighted by molar-refractivity contribution is 6.06. The van der Waals surface area contributed by atoms with Crippen LogP contribution in [0.3, 0.4) is 0 Å². The molecule has 21 heavy (non-hydrogen) atoms. The number of cyclic esters (lactones) is 2. The second kappa shape index (κ2) is 4.62. The molecule has 2 aliphatic heterocycles. The van der Waals surface area contributed by atoms with Gasteiger partial charge >= 0.3 is 11.9 Å². The Labute approximate surface area is 122 Å². The van der Waals surface area contributed by atoms with Gasteiger partial charge in [0.05, 0.1) is 23.8 Å². The van der Waals surface area contributed by atoms with Gasteiger partial charge in [-0.05, 0) is 27.7 Å². The quantitative estimate of drug-likeness (QED) is 0.445. The van der Waals surface area contributed by atoms with Gasteiger partial charge in [-0.15, -0.1) is 0 Å². The van der Waals surface area contributed by atoms with Crippen LogP contribution in [0.4, 0.5) is 0 Å². The fourth-order valence-corrected chi connectivity index (χ4v) is 2.99. The first-order valence-electron chi connectivity index (χ1n) is 6.86. The van der Waals surface area contributed by atoms with Crippen molar-refractivity contribution in [3.63, 3.8) is 0 Å². The summed E-state index contributed by atoms with van der Waals surface area (Å²) >= 11 is 0. The molecule has 0 aromatic rings. The number of nitrogens with zero attached hydrogens (tertiary/aromatic N) is 1. The number of rotatable bonds is 3. The molecule has 2 saturated heterocycles. The topological polar surface area (TPSA) is 107 Å². The van der Waals surface area contributed by atoms with Crippen LogP contribution in [0, 0.1) is 11.8 Å². The number of amides is 2. The van der Waals surface area contributed by atoms with E-state index in [1.165, 1.54) is 0 Å². The minimum absolute atomic E-state index is 0.0154. The normalized spacial score (nSPS) is 27.6. The Kier molecular flexibility index (Phi) is 3.44. The van der Waals surface area contributed by atoms with E-state index in [1.54, 1.807) is 27.7 Å². The summed E-state index contributed by atoms with van der Waals surface area (Å²) in [5.41, 5.74) is 4.01. The van der Waals surface area contributed by atoms with E-state index in [4.69, 9.17) is 5.73 Å². The third-order valence-electron chi connectivity index (χ3n) is 4.34. The minimum Gasteiger partial charge on any atom is -0.393 e. The van der Waals surface area contributed by atoms with Crippen molar-refractivity contribution >= 4 is 23.8 Å². The summed E-state index contributed by atoms with van der Waals surface area (Å²) in [5.74, 6) is -3.56.